The lowest BCUT2D eigenvalue weighted by Gasteiger charge is -2.30. The van der Waals surface area contributed by atoms with Crippen molar-refractivity contribution in [1.82, 2.24) is 15.6 Å². The summed E-state index contributed by atoms with van der Waals surface area (Å²) in [5, 5.41) is 8.18. The fraction of sp³-hybridized carbons (Fsp3) is 0.348. The number of fused-ring (bicyclic) bond motifs is 1. The van der Waals surface area contributed by atoms with Crippen LogP contribution < -0.4 is 15.5 Å². The molecule has 4 rings (SSSR count). The highest BCUT2D eigenvalue weighted by molar-refractivity contribution is 14.0. The van der Waals surface area contributed by atoms with Crippen LogP contribution in [0.5, 0.6) is 0 Å². The van der Waals surface area contributed by atoms with Gasteiger partial charge in [-0.25, -0.2) is 0 Å². The summed E-state index contributed by atoms with van der Waals surface area (Å²) < 4.78 is 5.49. The predicted molar refractivity (Wildman–Crippen MR) is 135 cm³/mol. The normalized spacial score (nSPS) is 14.4. The van der Waals surface area contributed by atoms with Crippen LogP contribution >= 0.6 is 24.0 Å². The minimum Gasteiger partial charge on any atom is -0.378 e. The van der Waals surface area contributed by atoms with Crippen LogP contribution in [0, 0.1) is 0 Å². The third-order valence-corrected chi connectivity index (χ3v) is 5.37. The first-order valence-corrected chi connectivity index (χ1v) is 10.3. The molecule has 1 aliphatic heterocycles. The average Bonchev–Trinajstić information content (AvgIpc) is 3.20. The number of nitrogens with zero attached hydrogens (tertiary/aromatic N) is 2. The summed E-state index contributed by atoms with van der Waals surface area (Å²) in [6.07, 6.45) is 3.04. The van der Waals surface area contributed by atoms with Gasteiger partial charge in [-0.15, -0.1) is 24.0 Å². The van der Waals surface area contributed by atoms with Crippen molar-refractivity contribution in [3.63, 3.8) is 0 Å². The zero-order chi connectivity index (χ0) is 19.9. The summed E-state index contributed by atoms with van der Waals surface area (Å²) in [5.74, 6) is 0.821. The number of hydrogen-bond acceptors (Lipinski definition) is 3. The first-order chi connectivity index (χ1) is 14.3. The van der Waals surface area contributed by atoms with E-state index < -0.39 is 0 Å². The van der Waals surface area contributed by atoms with Gasteiger partial charge in [0.1, 0.15) is 0 Å². The molecule has 0 spiro atoms. The van der Waals surface area contributed by atoms with Crippen LogP contribution in [0.15, 0.2) is 59.7 Å². The van der Waals surface area contributed by atoms with E-state index in [4.69, 9.17) is 4.74 Å². The Bertz CT molecular complexity index is 965. The Morgan fingerprint density at radius 2 is 1.80 bits per heavy atom. The van der Waals surface area contributed by atoms with Crippen molar-refractivity contribution in [3.05, 3.63) is 65.9 Å². The minimum atomic E-state index is 0. The molecule has 0 amide bonds. The Labute approximate surface area is 195 Å². The zero-order valence-electron chi connectivity index (χ0n) is 17.4. The number of halogens is 1. The third kappa shape index (κ3) is 5.46. The molecule has 160 valence electrons. The Balaban J connectivity index is 0.00000256. The lowest BCUT2D eigenvalue weighted by atomic mass is 10.1. The number of ether oxygens (including phenoxy) is 1. The van der Waals surface area contributed by atoms with E-state index in [2.05, 4.69) is 80.2 Å². The van der Waals surface area contributed by atoms with Crippen molar-refractivity contribution in [2.24, 2.45) is 4.99 Å². The van der Waals surface area contributed by atoms with E-state index in [1.54, 1.807) is 0 Å². The van der Waals surface area contributed by atoms with Crippen LogP contribution in [0.1, 0.15) is 11.1 Å². The largest absolute Gasteiger partial charge is 0.378 e. The number of guanidine groups is 1. The third-order valence-electron chi connectivity index (χ3n) is 5.37. The average molecular weight is 519 g/mol. The van der Waals surface area contributed by atoms with E-state index in [1.165, 1.54) is 27.7 Å². The molecule has 0 saturated carbocycles. The molecule has 2 heterocycles. The van der Waals surface area contributed by atoms with E-state index >= 15 is 0 Å². The summed E-state index contributed by atoms with van der Waals surface area (Å²) in [6.45, 7) is 5.02. The zero-order valence-corrected chi connectivity index (χ0v) is 19.7. The van der Waals surface area contributed by atoms with Crippen LogP contribution in [-0.4, -0.2) is 50.8 Å². The van der Waals surface area contributed by atoms with Crippen molar-refractivity contribution in [3.8, 4) is 0 Å². The predicted octanol–water partition coefficient (Wildman–Crippen LogP) is 3.53. The molecule has 0 bridgehead atoms. The van der Waals surface area contributed by atoms with Crippen molar-refractivity contribution in [2.45, 2.75) is 13.0 Å². The molecular formula is C23H30IN5O. The molecule has 1 saturated heterocycles. The smallest absolute Gasteiger partial charge is 0.191 e. The second-order valence-electron chi connectivity index (χ2n) is 7.19. The van der Waals surface area contributed by atoms with E-state index in [9.17, 15) is 0 Å². The number of nitrogens with one attached hydrogen (secondary N) is 3. The maximum atomic E-state index is 5.49. The Morgan fingerprint density at radius 1 is 1.03 bits per heavy atom. The highest BCUT2D eigenvalue weighted by Crippen LogP contribution is 2.21. The van der Waals surface area contributed by atoms with Gasteiger partial charge < -0.3 is 25.3 Å². The van der Waals surface area contributed by atoms with E-state index in [0.29, 0.717) is 0 Å². The van der Waals surface area contributed by atoms with Gasteiger partial charge in [0.2, 0.25) is 0 Å². The number of morpholine rings is 1. The van der Waals surface area contributed by atoms with Crippen LogP contribution in [-0.2, 0) is 17.7 Å². The van der Waals surface area contributed by atoms with E-state index in [0.717, 1.165) is 51.8 Å². The number of aliphatic imine (C=N–C) groups is 1. The van der Waals surface area contributed by atoms with Gasteiger partial charge in [-0.05, 0) is 29.7 Å². The number of para-hydroxylation sites is 2. The molecule has 1 aromatic heterocycles. The molecule has 0 unspecified atom stereocenters. The summed E-state index contributed by atoms with van der Waals surface area (Å²) in [5.41, 5.74) is 5.05. The number of aromatic amines is 1. The lowest BCUT2D eigenvalue weighted by molar-refractivity contribution is 0.122. The van der Waals surface area contributed by atoms with E-state index in [1.807, 2.05) is 7.05 Å². The van der Waals surface area contributed by atoms with Crippen LogP contribution in [0.2, 0.25) is 0 Å². The van der Waals surface area contributed by atoms with E-state index in [-0.39, 0.29) is 24.0 Å². The number of rotatable bonds is 6. The first-order valence-electron chi connectivity index (χ1n) is 10.3. The monoisotopic (exact) mass is 519 g/mol. The molecule has 3 aromatic rings. The van der Waals surface area contributed by atoms with Gasteiger partial charge in [-0.2, -0.15) is 0 Å². The molecule has 0 aliphatic carbocycles. The van der Waals surface area contributed by atoms with Gasteiger partial charge in [0, 0.05) is 56.0 Å². The Kier molecular flexibility index (Phi) is 8.39. The maximum Gasteiger partial charge on any atom is 0.191 e. The van der Waals surface area contributed by atoms with Gasteiger partial charge in [0.25, 0.3) is 0 Å². The van der Waals surface area contributed by atoms with Crippen molar-refractivity contribution in [2.75, 3.05) is 44.8 Å². The molecule has 1 fully saturated rings. The maximum absolute atomic E-state index is 5.49. The van der Waals surface area contributed by atoms with Gasteiger partial charge in [-0.3, -0.25) is 4.99 Å². The molecule has 0 radical (unpaired) electrons. The molecule has 0 atom stereocenters. The molecule has 7 heteroatoms. The number of benzene rings is 2. The van der Waals surface area contributed by atoms with Gasteiger partial charge >= 0.3 is 0 Å². The first kappa shape index (κ1) is 22.4. The fourth-order valence-electron chi connectivity index (χ4n) is 3.83. The van der Waals surface area contributed by atoms with Crippen LogP contribution in [0.4, 0.5) is 5.69 Å². The molecule has 3 N–H and O–H groups in total. The van der Waals surface area contributed by atoms with Crippen LogP contribution in [0.3, 0.4) is 0 Å². The SMILES string of the molecule is CN=C(NCCc1c[nH]c2ccccc12)NCc1ccccc1N1CCOCC1.I. The molecule has 2 aromatic carbocycles. The quantitative estimate of drug-likeness (QED) is 0.265. The molecule has 1 aliphatic rings. The summed E-state index contributed by atoms with van der Waals surface area (Å²) in [7, 11) is 1.81. The summed E-state index contributed by atoms with van der Waals surface area (Å²) in [6, 6.07) is 17.0. The number of anilines is 1. The van der Waals surface area contributed by atoms with Gasteiger partial charge in [-0.1, -0.05) is 36.4 Å². The van der Waals surface area contributed by atoms with Crippen molar-refractivity contribution < 1.29 is 4.74 Å². The van der Waals surface area contributed by atoms with Crippen molar-refractivity contribution in [1.29, 1.82) is 0 Å². The van der Waals surface area contributed by atoms with Gasteiger partial charge in [0.05, 0.1) is 13.2 Å². The second-order valence-corrected chi connectivity index (χ2v) is 7.19. The highest BCUT2D eigenvalue weighted by Gasteiger charge is 2.14. The molecule has 6 nitrogen and oxygen atoms in total. The Hall–Kier alpha value is -2.26. The standard InChI is InChI=1S/C23H29N5O.HI/c1-24-23(25-11-10-18-16-26-21-8-4-3-7-20(18)21)27-17-19-6-2-5-9-22(19)28-12-14-29-15-13-28;/h2-9,16,26H,10-15,17H2,1H3,(H2,24,25,27);1H. The van der Waals surface area contributed by atoms with Crippen molar-refractivity contribution >= 4 is 46.5 Å². The highest BCUT2D eigenvalue weighted by atomic mass is 127. The molecular weight excluding hydrogens is 489 g/mol. The second kappa shape index (κ2) is 11.2. The Morgan fingerprint density at radius 3 is 2.63 bits per heavy atom. The lowest BCUT2D eigenvalue weighted by Crippen LogP contribution is -2.39. The van der Waals surface area contributed by atoms with Gasteiger partial charge in [0.15, 0.2) is 5.96 Å². The van der Waals surface area contributed by atoms with Crippen LogP contribution in [0.25, 0.3) is 10.9 Å². The topological polar surface area (TPSA) is 64.7 Å². The number of aromatic nitrogens is 1. The number of hydrogen-bond donors (Lipinski definition) is 3. The minimum absolute atomic E-state index is 0. The number of H-pyrrole nitrogens is 1. The molecule has 30 heavy (non-hydrogen) atoms. The summed E-state index contributed by atoms with van der Waals surface area (Å²) in [4.78, 5) is 10.1. The summed E-state index contributed by atoms with van der Waals surface area (Å²) >= 11 is 0. The fourth-order valence-corrected chi connectivity index (χ4v) is 3.83.